The fourth-order valence-electron chi connectivity index (χ4n) is 3.37. The molecule has 2 aromatic heterocycles. The second-order valence-corrected chi connectivity index (χ2v) is 8.25. The minimum atomic E-state index is -0.184. The number of rotatable bonds is 4. The third-order valence-corrected chi connectivity index (χ3v) is 6.17. The number of carbonyl (C=O) groups is 1. The first-order valence-corrected chi connectivity index (χ1v) is 10.3. The normalized spacial score (nSPS) is 17.1. The zero-order chi connectivity index (χ0) is 19.7. The van der Waals surface area contributed by atoms with Crippen LogP contribution >= 0.6 is 22.9 Å². The van der Waals surface area contributed by atoms with Crippen molar-refractivity contribution >= 4 is 38.9 Å². The molecule has 28 heavy (non-hydrogen) atoms. The molecule has 7 nitrogen and oxygen atoms in total. The number of aryl methyl sites for hydroxylation is 1. The average molecular weight is 418 g/mol. The molecule has 146 valence electrons. The van der Waals surface area contributed by atoms with Gasteiger partial charge in [0.1, 0.15) is 0 Å². The Bertz CT molecular complexity index is 1080. The molecule has 1 atom stereocenters. The highest BCUT2D eigenvalue weighted by atomic mass is 35.5. The molecular formula is C19H20ClN5O2S. The Labute approximate surface area is 171 Å². The molecule has 1 fully saturated rings. The fraction of sp³-hybridized carbons (Fsp3) is 0.368. The van der Waals surface area contributed by atoms with Gasteiger partial charge in [-0.2, -0.15) is 4.52 Å². The number of piperidine rings is 1. The number of amides is 1. The standard InChI is InChI=1S/C19H20ClN5O2S/c1-12-9-16(26)25-18(22-12)28-19(23-25)24-8-4-6-14(11-24)17(27)21-10-13-5-2-3-7-15(13)20/h2-3,5,7,9,14H,4,6,8,10-11H2,1H3,(H,21,27)/t14-/m0/s1. The molecule has 1 N–H and O–H groups in total. The number of aromatic nitrogens is 3. The van der Waals surface area contributed by atoms with Crippen LogP contribution in [0.25, 0.3) is 4.96 Å². The highest BCUT2D eigenvalue weighted by molar-refractivity contribution is 7.20. The van der Waals surface area contributed by atoms with Gasteiger partial charge >= 0.3 is 0 Å². The predicted octanol–water partition coefficient (Wildman–Crippen LogP) is 2.65. The van der Waals surface area contributed by atoms with Crippen molar-refractivity contribution in [1.29, 1.82) is 0 Å². The van der Waals surface area contributed by atoms with E-state index < -0.39 is 0 Å². The van der Waals surface area contributed by atoms with Crippen LogP contribution in [-0.4, -0.2) is 33.6 Å². The third kappa shape index (κ3) is 3.88. The van der Waals surface area contributed by atoms with E-state index in [-0.39, 0.29) is 17.4 Å². The molecule has 1 saturated heterocycles. The molecule has 0 unspecified atom stereocenters. The van der Waals surface area contributed by atoms with Gasteiger partial charge < -0.3 is 10.2 Å². The van der Waals surface area contributed by atoms with Crippen LogP contribution in [0.4, 0.5) is 5.13 Å². The highest BCUT2D eigenvalue weighted by Gasteiger charge is 2.28. The lowest BCUT2D eigenvalue weighted by Gasteiger charge is -2.31. The molecule has 4 rings (SSSR count). The second kappa shape index (κ2) is 7.89. The molecule has 9 heteroatoms. The Morgan fingerprint density at radius 3 is 3.04 bits per heavy atom. The zero-order valence-electron chi connectivity index (χ0n) is 15.4. The van der Waals surface area contributed by atoms with Crippen LogP contribution < -0.4 is 15.8 Å². The maximum atomic E-state index is 12.7. The minimum Gasteiger partial charge on any atom is -0.352 e. The minimum absolute atomic E-state index is 0.0110. The molecule has 3 aromatic rings. The van der Waals surface area contributed by atoms with Crippen molar-refractivity contribution in [3.63, 3.8) is 0 Å². The van der Waals surface area contributed by atoms with E-state index in [4.69, 9.17) is 11.6 Å². The van der Waals surface area contributed by atoms with Gasteiger partial charge in [-0.05, 0) is 31.4 Å². The summed E-state index contributed by atoms with van der Waals surface area (Å²) >= 11 is 7.53. The van der Waals surface area contributed by atoms with Crippen LogP contribution in [0.15, 0.2) is 35.1 Å². The van der Waals surface area contributed by atoms with Crippen molar-refractivity contribution < 1.29 is 4.79 Å². The molecule has 0 bridgehead atoms. The first-order valence-electron chi connectivity index (χ1n) is 9.15. The number of benzene rings is 1. The molecule has 0 radical (unpaired) electrons. The summed E-state index contributed by atoms with van der Waals surface area (Å²) in [6.45, 7) is 3.58. The third-order valence-electron chi connectivity index (χ3n) is 4.84. The van der Waals surface area contributed by atoms with Gasteiger partial charge in [0.05, 0.1) is 5.92 Å². The van der Waals surface area contributed by atoms with Crippen LogP contribution in [0.5, 0.6) is 0 Å². The monoisotopic (exact) mass is 417 g/mol. The topological polar surface area (TPSA) is 79.6 Å². The van der Waals surface area contributed by atoms with E-state index in [1.165, 1.54) is 21.9 Å². The van der Waals surface area contributed by atoms with Crippen molar-refractivity contribution in [2.75, 3.05) is 18.0 Å². The summed E-state index contributed by atoms with van der Waals surface area (Å²) in [5.74, 6) is -0.119. The van der Waals surface area contributed by atoms with Crippen molar-refractivity contribution in [3.8, 4) is 0 Å². The van der Waals surface area contributed by atoms with Gasteiger partial charge in [0.2, 0.25) is 16.0 Å². The SMILES string of the molecule is Cc1cc(=O)n2nc(N3CCC[C@H](C(=O)NCc4ccccc4Cl)C3)sc2n1. The van der Waals surface area contributed by atoms with E-state index in [1.54, 1.807) is 6.92 Å². The zero-order valence-corrected chi connectivity index (χ0v) is 17.0. The summed E-state index contributed by atoms with van der Waals surface area (Å²) in [4.78, 5) is 31.8. The number of anilines is 1. The number of nitrogens with one attached hydrogen (secondary N) is 1. The first kappa shape index (κ1) is 18.9. The Hall–Kier alpha value is -2.45. The van der Waals surface area contributed by atoms with E-state index in [0.717, 1.165) is 30.1 Å². The number of fused-ring (bicyclic) bond motifs is 1. The second-order valence-electron chi connectivity index (χ2n) is 6.91. The Balaban J connectivity index is 1.45. The first-order chi connectivity index (χ1) is 13.5. The largest absolute Gasteiger partial charge is 0.352 e. The van der Waals surface area contributed by atoms with Crippen LogP contribution in [0.2, 0.25) is 5.02 Å². The summed E-state index contributed by atoms with van der Waals surface area (Å²) in [7, 11) is 0. The van der Waals surface area contributed by atoms with E-state index in [9.17, 15) is 9.59 Å². The van der Waals surface area contributed by atoms with Crippen LogP contribution in [0.1, 0.15) is 24.1 Å². The van der Waals surface area contributed by atoms with Gasteiger partial charge in [-0.15, -0.1) is 5.10 Å². The smallest absolute Gasteiger partial charge is 0.275 e. The summed E-state index contributed by atoms with van der Waals surface area (Å²) in [5.41, 5.74) is 1.39. The highest BCUT2D eigenvalue weighted by Crippen LogP contribution is 2.27. The van der Waals surface area contributed by atoms with Crippen LogP contribution in [-0.2, 0) is 11.3 Å². The van der Waals surface area contributed by atoms with Crippen molar-refractivity contribution in [1.82, 2.24) is 19.9 Å². The number of hydrogen-bond acceptors (Lipinski definition) is 6. The molecule has 3 heterocycles. The van der Waals surface area contributed by atoms with E-state index in [1.807, 2.05) is 24.3 Å². The van der Waals surface area contributed by atoms with Gasteiger partial charge in [0.25, 0.3) is 5.56 Å². The van der Waals surface area contributed by atoms with Gasteiger partial charge in [0, 0.05) is 36.4 Å². The Morgan fingerprint density at radius 2 is 2.21 bits per heavy atom. The molecule has 1 aliphatic rings. The van der Waals surface area contributed by atoms with Crippen molar-refractivity contribution in [3.05, 3.63) is 57.0 Å². The lowest BCUT2D eigenvalue weighted by molar-refractivity contribution is -0.125. The molecule has 0 aliphatic carbocycles. The van der Waals surface area contributed by atoms with E-state index >= 15 is 0 Å². The lowest BCUT2D eigenvalue weighted by Crippen LogP contribution is -2.43. The fourth-order valence-corrected chi connectivity index (χ4v) is 4.56. The molecule has 0 saturated carbocycles. The summed E-state index contributed by atoms with van der Waals surface area (Å²) in [6.07, 6.45) is 1.72. The summed E-state index contributed by atoms with van der Waals surface area (Å²) in [6, 6.07) is 8.96. The van der Waals surface area contributed by atoms with Crippen molar-refractivity contribution in [2.45, 2.75) is 26.3 Å². The van der Waals surface area contributed by atoms with E-state index in [2.05, 4.69) is 20.3 Å². The Morgan fingerprint density at radius 1 is 1.39 bits per heavy atom. The number of carbonyl (C=O) groups excluding carboxylic acids is 1. The number of nitrogens with zero attached hydrogens (tertiary/aromatic N) is 4. The molecule has 1 aliphatic heterocycles. The average Bonchev–Trinajstić information content (AvgIpc) is 3.12. The predicted molar refractivity (Wildman–Crippen MR) is 110 cm³/mol. The van der Waals surface area contributed by atoms with Crippen molar-refractivity contribution in [2.24, 2.45) is 5.92 Å². The molecule has 0 spiro atoms. The lowest BCUT2D eigenvalue weighted by atomic mass is 9.97. The van der Waals surface area contributed by atoms with Crippen LogP contribution in [0.3, 0.4) is 0 Å². The van der Waals surface area contributed by atoms with Gasteiger partial charge in [0.15, 0.2) is 0 Å². The maximum absolute atomic E-state index is 12.7. The maximum Gasteiger partial charge on any atom is 0.275 e. The van der Waals surface area contributed by atoms with Gasteiger partial charge in [-0.25, -0.2) is 4.98 Å². The van der Waals surface area contributed by atoms with Gasteiger partial charge in [-0.1, -0.05) is 41.1 Å². The van der Waals surface area contributed by atoms with Crippen LogP contribution in [0, 0.1) is 12.8 Å². The number of halogens is 1. The Kier molecular flexibility index (Phi) is 5.32. The molecule has 1 amide bonds. The summed E-state index contributed by atoms with van der Waals surface area (Å²) in [5, 5.41) is 8.77. The molecular weight excluding hydrogens is 398 g/mol. The van der Waals surface area contributed by atoms with Gasteiger partial charge in [-0.3, -0.25) is 9.59 Å². The van der Waals surface area contributed by atoms with E-state index in [0.29, 0.717) is 28.8 Å². The summed E-state index contributed by atoms with van der Waals surface area (Å²) < 4.78 is 1.33. The quantitative estimate of drug-likeness (QED) is 0.705. The number of hydrogen-bond donors (Lipinski definition) is 1. The molecule has 1 aromatic carbocycles.